The van der Waals surface area contributed by atoms with Crippen molar-refractivity contribution in [3.8, 4) is 5.75 Å². The molecule has 0 spiro atoms. The Hall–Kier alpha value is -2.52. The van der Waals surface area contributed by atoms with Gasteiger partial charge in [0.25, 0.3) is 0 Å². The van der Waals surface area contributed by atoms with E-state index >= 15 is 0 Å². The lowest BCUT2D eigenvalue weighted by Crippen LogP contribution is -2.29. The first-order valence-corrected chi connectivity index (χ1v) is 8.95. The van der Waals surface area contributed by atoms with Crippen molar-refractivity contribution in [3.63, 3.8) is 0 Å². The van der Waals surface area contributed by atoms with E-state index in [0.717, 1.165) is 31.6 Å². The van der Waals surface area contributed by atoms with Crippen LogP contribution in [0.5, 0.6) is 5.75 Å². The fourth-order valence-electron chi connectivity index (χ4n) is 3.80. The second-order valence-electron chi connectivity index (χ2n) is 6.89. The van der Waals surface area contributed by atoms with E-state index in [9.17, 15) is 5.11 Å². The van der Waals surface area contributed by atoms with Crippen LogP contribution in [0.1, 0.15) is 34.8 Å². The molecule has 0 radical (unpaired) electrons. The smallest absolute Gasteiger partial charge is 0.120 e. The quantitative estimate of drug-likeness (QED) is 0.765. The average Bonchev–Trinajstić information content (AvgIpc) is 3.00. The monoisotopic (exact) mass is 332 g/mol. The van der Waals surface area contributed by atoms with Crippen molar-refractivity contribution in [2.75, 3.05) is 6.54 Å². The second-order valence-corrected chi connectivity index (χ2v) is 6.89. The summed E-state index contributed by atoms with van der Waals surface area (Å²) >= 11 is 0. The SMILES string of the molecule is Cc1ccc(C2c3cccn3CCCN2Cc2ccccc2O)cc1. The Morgan fingerprint density at radius 2 is 1.76 bits per heavy atom. The first-order valence-electron chi connectivity index (χ1n) is 8.95. The maximum Gasteiger partial charge on any atom is 0.120 e. The molecule has 4 rings (SSSR count). The van der Waals surface area contributed by atoms with Gasteiger partial charge >= 0.3 is 0 Å². The fourth-order valence-corrected chi connectivity index (χ4v) is 3.80. The summed E-state index contributed by atoms with van der Waals surface area (Å²) in [6.07, 6.45) is 3.29. The first-order chi connectivity index (χ1) is 12.2. The van der Waals surface area contributed by atoms with Gasteiger partial charge in [0.2, 0.25) is 0 Å². The zero-order valence-corrected chi connectivity index (χ0v) is 14.6. The number of rotatable bonds is 3. The van der Waals surface area contributed by atoms with Crippen LogP contribution in [0.15, 0.2) is 66.9 Å². The van der Waals surface area contributed by atoms with Crippen molar-refractivity contribution < 1.29 is 5.11 Å². The molecule has 1 aliphatic heterocycles. The molecule has 1 N–H and O–H groups in total. The van der Waals surface area contributed by atoms with Gasteiger partial charge in [-0.2, -0.15) is 0 Å². The number of hydrogen-bond donors (Lipinski definition) is 1. The molecule has 0 amide bonds. The van der Waals surface area contributed by atoms with Gasteiger partial charge in [-0.1, -0.05) is 48.0 Å². The Morgan fingerprint density at radius 3 is 2.56 bits per heavy atom. The molecule has 2 heterocycles. The van der Waals surface area contributed by atoms with E-state index < -0.39 is 0 Å². The number of benzene rings is 2. The number of phenolic OH excluding ortho intramolecular Hbond substituents is 1. The van der Waals surface area contributed by atoms with Crippen LogP contribution in [0.4, 0.5) is 0 Å². The average molecular weight is 332 g/mol. The van der Waals surface area contributed by atoms with Gasteiger partial charge in [0.05, 0.1) is 6.04 Å². The number of phenols is 1. The molecule has 0 fully saturated rings. The van der Waals surface area contributed by atoms with Crippen molar-refractivity contribution in [3.05, 3.63) is 89.2 Å². The molecule has 1 aromatic heterocycles. The molecular weight excluding hydrogens is 308 g/mol. The van der Waals surface area contributed by atoms with E-state index in [1.807, 2.05) is 18.2 Å². The van der Waals surface area contributed by atoms with Gasteiger partial charge in [0, 0.05) is 37.1 Å². The molecule has 3 heteroatoms. The zero-order valence-electron chi connectivity index (χ0n) is 14.6. The van der Waals surface area contributed by atoms with Crippen LogP contribution in [-0.2, 0) is 13.1 Å². The zero-order chi connectivity index (χ0) is 17.2. The molecule has 0 saturated heterocycles. The molecule has 3 nitrogen and oxygen atoms in total. The summed E-state index contributed by atoms with van der Waals surface area (Å²) in [7, 11) is 0. The topological polar surface area (TPSA) is 28.4 Å². The summed E-state index contributed by atoms with van der Waals surface area (Å²) < 4.78 is 2.37. The Bertz CT molecular complexity index is 850. The van der Waals surface area contributed by atoms with E-state index in [0.29, 0.717) is 5.75 Å². The number of hydrogen-bond acceptors (Lipinski definition) is 2. The largest absolute Gasteiger partial charge is 0.508 e. The van der Waals surface area contributed by atoms with Crippen molar-refractivity contribution in [1.29, 1.82) is 0 Å². The molecule has 1 atom stereocenters. The highest BCUT2D eigenvalue weighted by molar-refractivity contribution is 5.35. The molecule has 128 valence electrons. The Morgan fingerprint density at radius 1 is 0.960 bits per heavy atom. The minimum absolute atomic E-state index is 0.206. The summed E-state index contributed by atoms with van der Waals surface area (Å²) in [5, 5.41) is 10.2. The number of nitrogens with zero attached hydrogens (tertiary/aromatic N) is 2. The molecule has 0 aliphatic carbocycles. The molecule has 3 aromatic rings. The Kier molecular flexibility index (Phi) is 4.33. The van der Waals surface area contributed by atoms with Gasteiger partial charge in [-0.3, -0.25) is 4.90 Å². The summed E-state index contributed by atoms with van der Waals surface area (Å²) in [4.78, 5) is 2.48. The third kappa shape index (κ3) is 3.20. The maximum atomic E-state index is 10.2. The summed E-state index contributed by atoms with van der Waals surface area (Å²) in [5.41, 5.74) is 4.90. The normalized spacial score (nSPS) is 17.9. The van der Waals surface area contributed by atoms with E-state index in [4.69, 9.17) is 0 Å². The fraction of sp³-hybridized carbons (Fsp3) is 0.273. The van der Waals surface area contributed by atoms with Crippen LogP contribution >= 0.6 is 0 Å². The van der Waals surface area contributed by atoms with Gasteiger partial charge in [-0.05, 0) is 37.1 Å². The third-order valence-electron chi connectivity index (χ3n) is 5.11. The van der Waals surface area contributed by atoms with Gasteiger partial charge in [-0.15, -0.1) is 0 Å². The van der Waals surface area contributed by atoms with Crippen molar-refractivity contribution in [2.45, 2.75) is 32.5 Å². The molecule has 1 unspecified atom stereocenters. The van der Waals surface area contributed by atoms with Crippen LogP contribution in [0.3, 0.4) is 0 Å². The lowest BCUT2D eigenvalue weighted by molar-refractivity contribution is 0.218. The van der Waals surface area contributed by atoms with Crippen molar-refractivity contribution >= 4 is 0 Å². The molecule has 2 aromatic carbocycles. The molecule has 0 bridgehead atoms. The number of aromatic nitrogens is 1. The van der Waals surface area contributed by atoms with Gasteiger partial charge < -0.3 is 9.67 Å². The van der Waals surface area contributed by atoms with Crippen LogP contribution < -0.4 is 0 Å². The Labute approximate surface area is 149 Å². The predicted molar refractivity (Wildman–Crippen MR) is 101 cm³/mol. The van der Waals surface area contributed by atoms with Crippen molar-refractivity contribution in [1.82, 2.24) is 9.47 Å². The molecule has 1 aliphatic rings. The molecular formula is C22H24N2O. The molecule has 25 heavy (non-hydrogen) atoms. The van der Waals surface area contributed by atoms with Gasteiger partial charge in [0.15, 0.2) is 0 Å². The highest BCUT2D eigenvalue weighted by Gasteiger charge is 2.27. The highest BCUT2D eigenvalue weighted by Crippen LogP contribution is 2.34. The van der Waals surface area contributed by atoms with Crippen molar-refractivity contribution in [2.24, 2.45) is 0 Å². The first kappa shape index (κ1) is 16.0. The second kappa shape index (κ2) is 6.77. The van der Waals surface area contributed by atoms with Crippen LogP contribution in [0, 0.1) is 6.92 Å². The van der Waals surface area contributed by atoms with Crippen LogP contribution in [0.25, 0.3) is 0 Å². The number of fused-ring (bicyclic) bond motifs is 1. The summed E-state index contributed by atoms with van der Waals surface area (Å²) in [5.74, 6) is 0.379. The highest BCUT2D eigenvalue weighted by atomic mass is 16.3. The lowest BCUT2D eigenvalue weighted by atomic mass is 10.00. The minimum Gasteiger partial charge on any atom is -0.508 e. The minimum atomic E-state index is 0.206. The van der Waals surface area contributed by atoms with Gasteiger partial charge in [0.1, 0.15) is 5.75 Å². The van der Waals surface area contributed by atoms with E-state index in [1.165, 1.54) is 16.8 Å². The van der Waals surface area contributed by atoms with E-state index in [2.05, 4.69) is 59.0 Å². The maximum absolute atomic E-state index is 10.2. The van der Waals surface area contributed by atoms with Gasteiger partial charge in [-0.25, -0.2) is 0 Å². The summed E-state index contributed by atoms with van der Waals surface area (Å²) in [6.45, 7) is 4.92. The van der Waals surface area contributed by atoms with E-state index in [-0.39, 0.29) is 6.04 Å². The standard InChI is InChI=1S/C22H24N2O/c1-17-9-11-18(12-10-17)22-20-7-4-13-23(20)14-5-15-24(22)16-19-6-2-3-8-21(19)25/h2-4,6-13,22,25H,5,14-16H2,1H3. The predicted octanol–water partition coefficient (Wildman–Crippen LogP) is 4.50. The van der Waals surface area contributed by atoms with E-state index in [1.54, 1.807) is 6.07 Å². The molecule has 0 saturated carbocycles. The number of aromatic hydroxyl groups is 1. The third-order valence-corrected chi connectivity index (χ3v) is 5.11. The lowest BCUT2D eigenvalue weighted by Gasteiger charge is -2.31. The summed E-state index contributed by atoms with van der Waals surface area (Å²) in [6, 6.07) is 21.1. The number of aryl methyl sites for hydroxylation is 2. The Balaban J connectivity index is 1.75. The van der Waals surface area contributed by atoms with Crippen LogP contribution in [0.2, 0.25) is 0 Å². The van der Waals surface area contributed by atoms with Crippen LogP contribution in [-0.4, -0.2) is 21.1 Å². The number of para-hydroxylation sites is 1.